The minimum absolute atomic E-state index is 0.0325. The summed E-state index contributed by atoms with van der Waals surface area (Å²) in [6.07, 6.45) is 0. The Morgan fingerprint density at radius 2 is 1.57 bits per heavy atom. The summed E-state index contributed by atoms with van der Waals surface area (Å²) < 4.78 is 6.46. The molecule has 0 aliphatic heterocycles. The number of amides is 1. The highest BCUT2D eigenvalue weighted by Gasteiger charge is 2.26. The van der Waals surface area contributed by atoms with Crippen molar-refractivity contribution in [3.05, 3.63) is 76.6 Å². The van der Waals surface area contributed by atoms with Gasteiger partial charge in [0.1, 0.15) is 5.69 Å². The molecule has 1 aromatic heterocycles. The minimum atomic E-state index is -0.640. The van der Waals surface area contributed by atoms with Gasteiger partial charge in [0.25, 0.3) is 5.91 Å². The third-order valence-electron chi connectivity index (χ3n) is 3.68. The second kappa shape index (κ2) is 5.96. The largest absolute Gasteiger partial charge is 0.370 e. The van der Waals surface area contributed by atoms with Crippen molar-refractivity contribution in [3.8, 4) is 11.3 Å². The lowest BCUT2D eigenvalue weighted by Crippen LogP contribution is -2.29. The van der Waals surface area contributed by atoms with Crippen molar-refractivity contribution in [1.29, 1.82) is 0 Å². The Kier molecular flexibility index (Phi) is 3.85. The quantitative estimate of drug-likeness (QED) is 0.747. The number of hydrogen-bond donors (Lipinski definition) is 0. The van der Waals surface area contributed by atoms with E-state index in [1.54, 1.807) is 14.1 Å². The maximum atomic E-state index is 12.8. The Morgan fingerprint density at radius 3 is 2.17 bits per heavy atom. The van der Waals surface area contributed by atoms with E-state index in [-0.39, 0.29) is 5.56 Å². The number of nitrogens with zero attached hydrogens (tertiary/aromatic N) is 2. The van der Waals surface area contributed by atoms with Gasteiger partial charge in [-0.1, -0.05) is 48.5 Å². The van der Waals surface area contributed by atoms with Gasteiger partial charge in [0.15, 0.2) is 5.56 Å². The molecule has 5 heteroatoms. The van der Waals surface area contributed by atoms with Crippen LogP contribution < -0.4 is 10.5 Å². The molecule has 3 aromatic rings. The van der Waals surface area contributed by atoms with Gasteiger partial charge < -0.3 is 9.42 Å². The van der Waals surface area contributed by atoms with Gasteiger partial charge in [-0.3, -0.25) is 4.79 Å². The fourth-order valence-corrected chi connectivity index (χ4v) is 2.52. The van der Waals surface area contributed by atoms with Crippen LogP contribution in [-0.2, 0) is 7.05 Å². The molecule has 0 fully saturated rings. The topological polar surface area (TPSA) is 55.5 Å². The molecule has 0 saturated carbocycles. The van der Waals surface area contributed by atoms with E-state index in [0.717, 1.165) is 5.56 Å². The number of benzene rings is 2. The number of hydrogen-bond acceptors (Lipinski definition) is 3. The Hall–Kier alpha value is -3.08. The molecular weight excluding hydrogens is 292 g/mol. The van der Waals surface area contributed by atoms with E-state index in [0.29, 0.717) is 11.4 Å². The third-order valence-corrected chi connectivity index (χ3v) is 3.68. The van der Waals surface area contributed by atoms with Gasteiger partial charge in [-0.15, -0.1) is 0 Å². The van der Waals surface area contributed by atoms with E-state index in [9.17, 15) is 9.59 Å². The molecule has 0 bridgehead atoms. The normalized spacial score (nSPS) is 10.5. The fourth-order valence-electron chi connectivity index (χ4n) is 2.52. The van der Waals surface area contributed by atoms with Crippen LogP contribution >= 0.6 is 0 Å². The lowest BCUT2D eigenvalue weighted by atomic mass is 10.1. The summed E-state index contributed by atoms with van der Waals surface area (Å²) in [6.45, 7) is 0. The molecule has 1 amide bonds. The summed E-state index contributed by atoms with van der Waals surface area (Å²) >= 11 is 0. The number of carbonyl (C=O) groups is 1. The van der Waals surface area contributed by atoms with Crippen molar-refractivity contribution in [3.63, 3.8) is 0 Å². The lowest BCUT2D eigenvalue weighted by Gasteiger charge is -2.16. The van der Waals surface area contributed by atoms with Crippen molar-refractivity contribution >= 4 is 11.6 Å². The maximum Gasteiger partial charge on any atom is 0.370 e. The monoisotopic (exact) mass is 308 g/mol. The summed E-state index contributed by atoms with van der Waals surface area (Å²) in [6, 6.07) is 18.4. The van der Waals surface area contributed by atoms with Crippen LogP contribution in [0.3, 0.4) is 0 Å². The van der Waals surface area contributed by atoms with E-state index >= 15 is 0 Å². The first kappa shape index (κ1) is 14.8. The maximum absolute atomic E-state index is 12.8. The van der Waals surface area contributed by atoms with E-state index in [4.69, 9.17) is 4.52 Å². The van der Waals surface area contributed by atoms with Crippen molar-refractivity contribution in [2.24, 2.45) is 7.05 Å². The molecule has 5 nitrogen and oxygen atoms in total. The SMILES string of the molecule is CN(C(=O)c1c(-c2ccccc2)n(C)oc1=O)c1ccccc1. The van der Waals surface area contributed by atoms with Gasteiger partial charge in [-0.05, 0) is 12.1 Å². The van der Waals surface area contributed by atoms with Crippen LogP contribution in [0, 0.1) is 0 Å². The molecule has 0 radical (unpaired) electrons. The van der Waals surface area contributed by atoms with E-state index in [1.807, 2.05) is 60.7 Å². The number of rotatable bonds is 3. The molecule has 0 spiro atoms. The van der Waals surface area contributed by atoms with Crippen LogP contribution in [0.1, 0.15) is 10.4 Å². The molecule has 0 aliphatic carbocycles. The molecule has 0 atom stereocenters. The predicted molar refractivity (Wildman–Crippen MR) is 88.6 cm³/mol. The van der Waals surface area contributed by atoms with E-state index in [2.05, 4.69) is 0 Å². The van der Waals surface area contributed by atoms with E-state index < -0.39 is 11.5 Å². The zero-order valence-electron chi connectivity index (χ0n) is 12.9. The van der Waals surface area contributed by atoms with Gasteiger partial charge >= 0.3 is 5.63 Å². The Balaban J connectivity index is 2.10. The summed E-state index contributed by atoms with van der Waals surface area (Å²) in [4.78, 5) is 26.4. The molecule has 0 N–H and O–H groups in total. The molecule has 0 saturated heterocycles. The summed E-state index contributed by atoms with van der Waals surface area (Å²) in [5.74, 6) is -0.399. The summed E-state index contributed by atoms with van der Waals surface area (Å²) in [7, 11) is 3.25. The molecule has 2 aromatic carbocycles. The highest BCUT2D eigenvalue weighted by Crippen LogP contribution is 2.24. The van der Waals surface area contributed by atoms with Crippen LogP contribution in [0.5, 0.6) is 0 Å². The molecular formula is C18H16N2O3. The first-order chi connectivity index (χ1) is 11.1. The van der Waals surface area contributed by atoms with Crippen LogP contribution in [0.25, 0.3) is 11.3 Å². The number of anilines is 1. The third kappa shape index (κ3) is 2.68. The zero-order chi connectivity index (χ0) is 16.4. The van der Waals surface area contributed by atoms with Crippen LogP contribution in [0.4, 0.5) is 5.69 Å². The highest BCUT2D eigenvalue weighted by atomic mass is 16.5. The smallest absolute Gasteiger partial charge is 0.335 e. The van der Waals surface area contributed by atoms with Gasteiger partial charge in [-0.2, -0.15) is 0 Å². The number of aryl methyl sites for hydroxylation is 1. The van der Waals surface area contributed by atoms with Crippen LogP contribution in [-0.4, -0.2) is 17.7 Å². The van der Waals surface area contributed by atoms with Gasteiger partial charge in [0.2, 0.25) is 0 Å². The first-order valence-corrected chi connectivity index (χ1v) is 7.18. The van der Waals surface area contributed by atoms with Crippen LogP contribution in [0.2, 0.25) is 0 Å². The molecule has 0 unspecified atom stereocenters. The van der Waals surface area contributed by atoms with Gasteiger partial charge in [0.05, 0.1) is 0 Å². The molecule has 0 aliphatic rings. The van der Waals surface area contributed by atoms with Gasteiger partial charge in [-0.25, -0.2) is 9.53 Å². The first-order valence-electron chi connectivity index (χ1n) is 7.18. The molecule has 23 heavy (non-hydrogen) atoms. The average Bonchev–Trinajstić information content (AvgIpc) is 2.89. The summed E-state index contributed by atoms with van der Waals surface area (Å²) in [5, 5.41) is 0. The minimum Gasteiger partial charge on any atom is -0.335 e. The summed E-state index contributed by atoms with van der Waals surface area (Å²) in [5.41, 5.74) is 1.33. The number of carbonyl (C=O) groups excluding carboxylic acids is 1. The predicted octanol–water partition coefficient (Wildman–Crippen LogP) is 2.92. The molecule has 3 rings (SSSR count). The van der Waals surface area contributed by atoms with Crippen molar-refractivity contribution in [1.82, 2.24) is 4.74 Å². The number of para-hydroxylation sites is 1. The highest BCUT2D eigenvalue weighted by molar-refractivity contribution is 6.09. The second-order valence-corrected chi connectivity index (χ2v) is 5.17. The zero-order valence-corrected chi connectivity index (χ0v) is 12.9. The average molecular weight is 308 g/mol. The second-order valence-electron chi connectivity index (χ2n) is 5.17. The Labute approximate surface area is 133 Å². The molecule has 1 heterocycles. The number of aromatic nitrogens is 1. The fraction of sp³-hybridized carbons (Fsp3) is 0.111. The Morgan fingerprint density at radius 1 is 1.00 bits per heavy atom. The lowest BCUT2D eigenvalue weighted by molar-refractivity contribution is 0.0991. The van der Waals surface area contributed by atoms with Gasteiger partial charge in [0, 0.05) is 25.3 Å². The van der Waals surface area contributed by atoms with Crippen molar-refractivity contribution in [2.45, 2.75) is 0 Å². The van der Waals surface area contributed by atoms with Crippen molar-refractivity contribution in [2.75, 3.05) is 11.9 Å². The van der Waals surface area contributed by atoms with E-state index in [1.165, 1.54) is 9.64 Å². The van der Waals surface area contributed by atoms with Crippen molar-refractivity contribution < 1.29 is 9.32 Å². The van der Waals surface area contributed by atoms with Crippen LogP contribution in [0.15, 0.2) is 70.0 Å². The Bertz CT molecular complexity index is 880. The molecule has 116 valence electrons. The standard InChI is InChI=1S/C18H16N2O3/c1-19(14-11-7-4-8-12-14)17(21)15-16(20(2)23-18(15)22)13-9-5-3-6-10-13/h3-12H,1-2H3.